The van der Waals surface area contributed by atoms with E-state index >= 15 is 0 Å². The number of hydrogen-bond acceptors (Lipinski definition) is 4. The lowest BCUT2D eigenvalue weighted by atomic mass is 9.90. The van der Waals surface area contributed by atoms with Crippen LogP contribution in [0.25, 0.3) is 0 Å². The zero-order valence-corrected chi connectivity index (χ0v) is 11.6. The number of pyridine rings is 1. The molecule has 106 valence electrons. The summed E-state index contributed by atoms with van der Waals surface area (Å²) in [5.74, 6) is 0.207. The topological polar surface area (TPSA) is 70.5 Å². The predicted octanol–water partition coefficient (Wildman–Crippen LogP) is 1.90. The van der Waals surface area contributed by atoms with Crippen LogP contribution in [-0.4, -0.2) is 34.9 Å². The number of carboxylic acids is 1. The highest BCUT2D eigenvalue weighted by atomic mass is 16.4. The molecule has 0 aromatic carbocycles. The van der Waals surface area contributed by atoms with Gasteiger partial charge >= 0.3 is 5.97 Å². The molecular weight excluding hydrogens is 256 g/mol. The zero-order chi connectivity index (χ0) is 14.3. The minimum absolute atomic E-state index is 0.169. The Bertz CT molecular complexity index is 584. The molecule has 1 aromatic heterocycles. The highest BCUT2D eigenvalue weighted by molar-refractivity contribution is 5.98. The van der Waals surface area contributed by atoms with E-state index in [1.807, 2.05) is 17.0 Å². The summed E-state index contributed by atoms with van der Waals surface area (Å²) in [6.45, 7) is 2.95. The normalized spacial score (nSPS) is 25.6. The van der Waals surface area contributed by atoms with E-state index < -0.39 is 11.4 Å². The van der Waals surface area contributed by atoms with E-state index in [-0.39, 0.29) is 5.78 Å². The third-order valence-corrected chi connectivity index (χ3v) is 4.39. The number of anilines is 1. The van der Waals surface area contributed by atoms with Crippen molar-refractivity contribution in [2.24, 2.45) is 5.41 Å². The van der Waals surface area contributed by atoms with Gasteiger partial charge in [-0.1, -0.05) is 0 Å². The maximum atomic E-state index is 11.8. The van der Waals surface area contributed by atoms with Gasteiger partial charge in [-0.15, -0.1) is 0 Å². The molecule has 20 heavy (non-hydrogen) atoms. The van der Waals surface area contributed by atoms with Crippen molar-refractivity contribution in [2.75, 3.05) is 18.0 Å². The molecule has 1 unspecified atom stereocenters. The third kappa shape index (κ3) is 2.07. The van der Waals surface area contributed by atoms with Gasteiger partial charge in [0.25, 0.3) is 0 Å². The summed E-state index contributed by atoms with van der Waals surface area (Å²) in [4.78, 5) is 29.7. The SMILES string of the molecule is CC1(C(=O)O)CCN(c2ccc3c(n2)CCCC3=O)C1. The fourth-order valence-electron chi connectivity index (χ4n) is 2.99. The Morgan fingerprint density at radius 3 is 2.90 bits per heavy atom. The van der Waals surface area contributed by atoms with Gasteiger partial charge in [-0.2, -0.15) is 0 Å². The first-order valence-electron chi connectivity index (χ1n) is 7.01. The van der Waals surface area contributed by atoms with Gasteiger partial charge in [0.2, 0.25) is 0 Å². The molecule has 0 spiro atoms. The number of carbonyl (C=O) groups is 2. The van der Waals surface area contributed by atoms with E-state index in [1.54, 1.807) is 6.92 Å². The number of carboxylic acid groups (broad SMARTS) is 1. The Morgan fingerprint density at radius 2 is 2.20 bits per heavy atom. The first-order valence-corrected chi connectivity index (χ1v) is 7.01. The van der Waals surface area contributed by atoms with Gasteiger partial charge in [0, 0.05) is 25.1 Å². The fraction of sp³-hybridized carbons (Fsp3) is 0.533. The molecule has 1 aromatic rings. The van der Waals surface area contributed by atoms with Crippen LogP contribution in [0.3, 0.4) is 0 Å². The Kier molecular flexibility index (Phi) is 3.00. The number of Topliss-reactive ketones (excluding diaryl/α,β-unsaturated/α-hetero) is 1. The molecule has 0 amide bonds. The first-order chi connectivity index (χ1) is 9.49. The molecule has 1 fully saturated rings. The molecule has 1 aliphatic heterocycles. The summed E-state index contributed by atoms with van der Waals surface area (Å²) in [6.07, 6.45) is 2.92. The van der Waals surface area contributed by atoms with Gasteiger partial charge in [0.15, 0.2) is 5.78 Å². The van der Waals surface area contributed by atoms with Crippen LogP contribution in [0.1, 0.15) is 42.2 Å². The number of nitrogens with zero attached hydrogens (tertiary/aromatic N) is 2. The largest absolute Gasteiger partial charge is 0.481 e. The number of aryl methyl sites for hydroxylation is 1. The highest BCUT2D eigenvalue weighted by Crippen LogP contribution is 2.33. The van der Waals surface area contributed by atoms with Gasteiger partial charge in [-0.25, -0.2) is 4.98 Å². The van der Waals surface area contributed by atoms with Crippen molar-refractivity contribution in [1.29, 1.82) is 0 Å². The van der Waals surface area contributed by atoms with E-state index in [1.165, 1.54) is 0 Å². The summed E-state index contributed by atoms with van der Waals surface area (Å²) in [6, 6.07) is 3.69. The Hall–Kier alpha value is -1.91. The molecule has 1 N–H and O–H groups in total. The first kappa shape index (κ1) is 13.1. The quantitative estimate of drug-likeness (QED) is 0.892. The van der Waals surface area contributed by atoms with Crippen molar-refractivity contribution in [3.05, 3.63) is 23.4 Å². The van der Waals surface area contributed by atoms with Gasteiger partial charge in [-0.05, 0) is 38.3 Å². The second-order valence-electron chi connectivity index (χ2n) is 5.98. The summed E-state index contributed by atoms with van der Waals surface area (Å²) < 4.78 is 0. The number of fused-ring (bicyclic) bond motifs is 1. The molecule has 5 heteroatoms. The van der Waals surface area contributed by atoms with Crippen LogP contribution >= 0.6 is 0 Å². The van der Waals surface area contributed by atoms with Crippen LogP contribution < -0.4 is 4.90 Å². The average Bonchev–Trinajstić information content (AvgIpc) is 2.83. The molecule has 0 bridgehead atoms. The van der Waals surface area contributed by atoms with Crippen molar-refractivity contribution in [1.82, 2.24) is 4.98 Å². The number of hydrogen-bond donors (Lipinski definition) is 1. The van der Waals surface area contributed by atoms with Crippen molar-refractivity contribution >= 4 is 17.6 Å². The molecule has 3 rings (SSSR count). The monoisotopic (exact) mass is 274 g/mol. The standard InChI is InChI=1S/C15H18N2O3/c1-15(14(19)20)7-8-17(9-15)13-6-5-10-11(16-13)3-2-4-12(10)18/h5-6H,2-4,7-9H2,1H3,(H,19,20). The second kappa shape index (κ2) is 4.58. The van der Waals surface area contributed by atoms with Gasteiger partial charge in [0.1, 0.15) is 5.82 Å². The van der Waals surface area contributed by atoms with Crippen LogP contribution in [0.15, 0.2) is 12.1 Å². The van der Waals surface area contributed by atoms with Crippen molar-refractivity contribution in [3.8, 4) is 0 Å². The molecule has 5 nitrogen and oxygen atoms in total. The van der Waals surface area contributed by atoms with E-state index in [0.717, 1.165) is 29.9 Å². The van der Waals surface area contributed by atoms with Gasteiger partial charge < -0.3 is 10.0 Å². The highest BCUT2D eigenvalue weighted by Gasteiger charge is 2.41. The maximum absolute atomic E-state index is 11.8. The minimum Gasteiger partial charge on any atom is -0.481 e. The van der Waals surface area contributed by atoms with Crippen LogP contribution in [0.5, 0.6) is 0 Å². The van der Waals surface area contributed by atoms with Crippen LogP contribution in [0.2, 0.25) is 0 Å². The third-order valence-electron chi connectivity index (χ3n) is 4.39. The van der Waals surface area contributed by atoms with Gasteiger partial charge in [-0.3, -0.25) is 9.59 Å². The van der Waals surface area contributed by atoms with Crippen molar-refractivity contribution < 1.29 is 14.7 Å². The molecular formula is C15H18N2O3. The van der Waals surface area contributed by atoms with Crippen molar-refractivity contribution in [3.63, 3.8) is 0 Å². The molecule has 1 aliphatic carbocycles. The number of carbonyl (C=O) groups excluding carboxylic acids is 1. The summed E-state index contributed by atoms with van der Waals surface area (Å²) in [7, 11) is 0. The van der Waals surface area contributed by atoms with E-state index in [9.17, 15) is 14.7 Å². The smallest absolute Gasteiger partial charge is 0.311 e. The fourth-order valence-corrected chi connectivity index (χ4v) is 2.99. The number of aromatic nitrogens is 1. The average molecular weight is 274 g/mol. The molecule has 2 aliphatic rings. The molecule has 0 saturated carbocycles. The summed E-state index contributed by atoms with van der Waals surface area (Å²) in [5.41, 5.74) is 0.899. The lowest BCUT2D eigenvalue weighted by Crippen LogP contribution is -2.32. The van der Waals surface area contributed by atoms with E-state index in [0.29, 0.717) is 25.9 Å². The minimum atomic E-state index is -0.756. The van der Waals surface area contributed by atoms with Crippen molar-refractivity contribution in [2.45, 2.75) is 32.6 Å². The summed E-state index contributed by atoms with van der Waals surface area (Å²) in [5, 5.41) is 9.27. The zero-order valence-electron chi connectivity index (χ0n) is 11.6. The number of ketones is 1. The summed E-state index contributed by atoms with van der Waals surface area (Å²) >= 11 is 0. The molecule has 0 radical (unpaired) electrons. The van der Waals surface area contributed by atoms with Crippen LogP contribution in [0.4, 0.5) is 5.82 Å². The second-order valence-corrected chi connectivity index (χ2v) is 5.98. The Balaban J connectivity index is 1.86. The van der Waals surface area contributed by atoms with E-state index in [4.69, 9.17) is 0 Å². The lowest BCUT2D eigenvalue weighted by molar-refractivity contribution is -0.146. The predicted molar refractivity (Wildman–Crippen MR) is 74.1 cm³/mol. The van der Waals surface area contributed by atoms with Crippen LogP contribution in [-0.2, 0) is 11.2 Å². The number of aliphatic carboxylic acids is 1. The van der Waals surface area contributed by atoms with Gasteiger partial charge in [0.05, 0.1) is 11.1 Å². The molecule has 1 saturated heterocycles. The Labute approximate surface area is 117 Å². The van der Waals surface area contributed by atoms with Crippen LogP contribution in [0, 0.1) is 5.41 Å². The Morgan fingerprint density at radius 1 is 1.40 bits per heavy atom. The maximum Gasteiger partial charge on any atom is 0.311 e. The molecule has 1 atom stereocenters. The lowest BCUT2D eigenvalue weighted by Gasteiger charge is -2.22. The number of rotatable bonds is 2. The molecule has 2 heterocycles. The van der Waals surface area contributed by atoms with E-state index in [2.05, 4.69) is 4.98 Å².